The SMILES string of the molecule is Cc1cc(C=O)c(/C=C(\N(C)C)N2CCN(c3cnc(C)nc3)CC2)c([C@@H](C)Nc2ccccc2S(=O)C(F)(F)F)c1. The number of piperazine rings is 1. The van der Waals surface area contributed by atoms with Gasteiger partial charge in [0.2, 0.25) is 0 Å². The number of halogens is 3. The lowest BCUT2D eigenvalue weighted by molar-refractivity contribution is -0.0384. The monoisotopic (exact) mass is 600 g/mol. The average molecular weight is 601 g/mol. The number of rotatable bonds is 9. The van der Waals surface area contributed by atoms with Crippen molar-refractivity contribution in [3.8, 4) is 0 Å². The summed E-state index contributed by atoms with van der Waals surface area (Å²) in [5, 5.41) is 3.12. The van der Waals surface area contributed by atoms with Crippen LogP contribution < -0.4 is 10.2 Å². The second kappa shape index (κ2) is 12.9. The van der Waals surface area contributed by atoms with Crippen molar-refractivity contribution in [2.75, 3.05) is 50.5 Å². The molecule has 2 aromatic carbocycles. The molecular weight excluding hydrogens is 565 g/mol. The van der Waals surface area contributed by atoms with Crippen molar-refractivity contribution in [3.05, 3.63) is 82.7 Å². The normalized spacial score (nSPS) is 15.8. The van der Waals surface area contributed by atoms with Gasteiger partial charge >= 0.3 is 5.51 Å². The largest absolute Gasteiger partial charge is 0.475 e. The number of alkyl halides is 3. The van der Waals surface area contributed by atoms with Crippen LogP contribution in [0.15, 0.2) is 59.5 Å². The summed E-state index contributed by atoms with van der Waals surface area (Å²) in [6, 6.07) is 8.90. The molecule has 1 N–H and O–H groups in total. The van der Waals surface area contributed by atoms with Gasteiger partial charge in [0.15, 0.2) is 17.1 Å². The Bertz CT molecular complexity index is 1470. The quantitative estimate of drug-likeness (QED) is 0.328. The number of aryl methyl sites for hydroxylation is 2. The Labute approximate surface area is 246 Å². The minimum Gasteiger partial charge on any atom is -0.378 e. The van der Waals surface area contributed by atoms with Crippen LogP contribution in [0.1, 0.15) is 45.8 Å². The molecule has 1 aliphatic rings. The maximum atomic E-state index is 13.3. The van der Waals surface area contributed by atoms with E-state index in [0.29, 0.717) is 11.1 Å². The Hall–Kier alpha value is -3.93. The molecule has 1 aromatic heterocycles. The van der Waals surface area contributed by atoms with Crippen LogP contribution in [-0.2, 0) is 10.8 Å². The number of carbonyl (C=O) groups excluding carboxylic acids is 1. The molecule has 1 unspecified atom stereocenters. The van der Waals surface area contributed by atoms with Gasteiger partial charge in [0.1, 0.15) is 11.6 Å². The summed E-state index contributed by atoms with van der Waals surface area (Å²) in [7, 11) is 0.677. The lowest BCUT2D eigenvalue weighted by atomic mass is 9.93. The number of hydrogen-bond donors (Lipinski definition) is 1. The van der Waals surface area contributed by atoms with Gasteiger partial charge in [-0.25, -0.2) is 14.2 Å². The number of anilines is 2. The predicted molar refractivity (Wildman–Crippen MR) is 160 cm³/mol. The van der Waals surface area contributed by atoms with Gasteiger partial charge in [0.25, 0.3) is 0 Å². The Morgan fingerprint density at radius 2 is 1.71 bits per heavy atom. The van der Waals surface area contributed by atoms with Crippen LogP contribution in [0, 0.1) is 13.8 Å². The van der Waals surface area contributed by atoms with Gasteiger partial charge in [0, 0.05) is 51.9 Å². The van der Waals surface area contributed by atoms with Gasteiger partial charge in [-0.1, -0.05) is 23.8 Å². The molecule has 0 saturated carbocycles. The van der Waals surface area contributed by atoms with Gasteiger partial charge < -0.3 is 20.0 Å². The summed E-state index contributed by atoms with van der Waals surface area (Å²) in [6.07, 6.45) is 6.41. The number of carbonyl (C=O) groups is 1. The summed E-state index contributed by atoms with van der Waals surface area (Å²) in [5.74, 6) is 1.62. The Morgan fingerprint density at radius 1 is 1.07 bits per heavy atom. The first-order valence-corrected chi connectivity index (χ1v) is 14.7. The number of nitrogens with one attached hydrogen (secondary N) is 1. The van der Waals surface area contributed by atoms with Crippen molar-refractivity contribution in [1.82, 2.24) is 19.8 Å². The molecule has 0 amide bonds. The van der Waals surface area contributed by atoms with E-state index < -0.39 is 22.3 Å². The number of para-hydroxylation sites is 1. The highest BCUT2D eigenvalue weighted by molar-refractivity contribution is 7.86. The molecule has 12 heteroatoms. The molecule has 4 rings (SSSR count). The first-order chi connectivity index (χ1) is 19.9. The van der Waals surface area contributed by atoms with E-state index in [1.54, 1.807) is 12.1 Å². The predicted octanol–water partition coefficient (Wildman–Crippen LogP) is 5.39. The van der Waals surface area contributed by atoms with Gasteiger partial charge in [-0.05, 0) is 56.2 Å². The van der Waals surface area contributed by atoms with Gasteiger partial charge in [-0.3, -0.25) is 4.79 Å². The van der Waals surface area contributed by atoms with Crippen LogP contribution >= 0.6 is 0 Å². The molecule has 1 fully saturated rings. The minimum atomic E-state index is -4.89. The maximum absolute atomic E-state index is 13.3. The summed E-state index contributed by atoms with van der Waals surface area (Å²) in [4.78, 5) is 27.0. The molecule has 3 aromatic rings. The second-order valence-electron chi connectivity index (χ2n) is 10.4. The molecule has 0 spiro atoms. The topological polar surface area (TPSA) is 81.7 Å². The minimum absolute atomic E-state index is 0.119. The lowest BCUT2D eigenvalue weighted by Gasteiger charge is -2.40. The van der Waals surface area contributed by atoms with Crippen LogP contribution in [0.5, 0.6) is 0 Å². The van der Waals surface area contributed by atoms with Crippen LogP contribution in [0.25, 0.3) is 6.08 Å². The summed E-state index contributed by atoms with van der Waals surface area (Å²) < 4.78 is 52.2. The molecule has 0 bridgehead atoms. The molecule has 0 aliphatic carbocycles. The average Bonchev–Trinajstić information content (AvgIpc) is 2.96. The van der Waals surface area contributed by atoms with Gasteiger partial charge in [0.05, 0.1) is 28.7 Å². The summed E-state index contributed by atoms with van der Waals surface area (Å²) >= 11 is 0. The van der Waals surface area contributed by atoms with Crippen LogP contribution in [0.4, 0.5) is 24.5 Å². The summed E-state index contributed by atoms with van der Waals surface area (Å²) in [6.45, 7) is 8.48. The zero-order valence-electron chi connectivity index (χ0n) is 24.3. The molecule has 2 heterocycles. The van der Waals surface area contributed by atoms with Crippen LogP contribution in [0.3, 0.4) is 0 Å². The Morgan fingerprint density at radius 3 is 2.31 bits per heavy atom. The molecule has 1 saturated heterocycles. The molecule has 2 atom stereocenters. The van der Waals surface area contributed by atoms with Crippen LogP contribution in [-0.4, -0.2) is 76.0 Å². The van der Waals surface area contributed by atoms with E-state index in [-0.39, 0.29) is 10.6 Å². The maximum Gasteiger partial charge on any atom is 0.475 e. The van der Waals surface area contributed by atoms with E-state index in [0.717, 1.165) is 60.9 Å². The smallest absolute Gasteiger partial charge is 0.378 e. The Kier molecular flexibility index (Phi) is 9.55. The second-order valence-corrected chi connectivity index (χ2v) is 11.9. The van der Waals surface area contributed by atoms with Crippen molar-refractivity contribution in [1.29, 1.82) is 0 Å². The van der Waals surface area contributed by atoms with Crippen molar-refractivity contribution in [2.45, 2.75) is 37.2 Å². The first-order valence-electron chi connectivity index (χ1n) is 13.5. The van der Waals surface area contributed by atoms with E-state index in [4.69, 9.17) is 0 Å². The van der Waals surface area contributed by atoms with Crippen molar-refractivity contribution >= 4 is 34.5 Å². The highest BCUT2D eigenvalue weighted by atomic mass is 32.2. The van der Waals surface area contributed by atoms with Crippen molar-refractivity contribution in [3.63, 3.8) is 0 Å². The first kappa shape index (κ1) is 31.0. The molecule has 42 heavy (non-hydrogen) atoms. The molecule has 224 valence electrons. The zero-order valence-corrected chi connectivity index (χ0v) is 25.1. The molecule has 0 radical (unpaired) electrons. The number of aromatic nitrogens is 2. The van der Waals surface area contributed by atoms with E-state index in [1.807, 2.05) is 64.3 Å². The van der Waals surface area contributed by atoms with Gasteiger partial charge in [-0.15, -0.1) is 0 Å². The third-order valence-corrected chi connectivity index (χ3v) is 8.29. The standard InChI is InChI=1S/C30H35F3N6O2S/c1-20-14-23(19-40)26(25(15-20)21(2)36-27-8-6-7-9-28(27)42(41)30(31,32)33)16-29(37(4)5)39-12-10-38(11-13-39)24-17-34-22(3)35-18-24/h6-9,14-19,21,36H,10-13H2,1-5H3/b29-16+/t21-,42?/m1/s1. The summed E-state index contributed by atoms with van der Waals surface area (Å²) in [5.41, 5.74) is -1.09. The fourth-order valence-corrected chi connectivity index (χ4v) is 5.81. The van der Waals surface area contributed by atoms with E-state index >= 15 is 0 Å². The molecule has 8 nitrogen and oxygen atoms in total. The van der Waals surface area contributed by atoms with E-state index in [1.165, 1.54) is 18.2 Å². The fourth-order valence-electron chi connectivity index (χ4n) is 5.04. The molecular formula is C30H35F3N6O2S. The van der Waals surface area contributed by atoms with Crippen molar-refractivity contribution < 1.29 is 22.2 Å². The third-order valence-electron chi connectivity index (χ3n) is 7.12. The van der Waals surface area contributed by atoms with E-state index in [2.05, 4.69) is 25.1 Å². The number of hydrogen-bond acceptors (Lipinski definition) is 8. The number of benzene rings is 2. The highest BCUT2D eigenvalue weighted by Gasteiger charge is 2.39. The number of aldehydes is 1. The van der Waals surface area contributed by atoms with E-state index in [9.17, 15) is 22.2 Å². The Balaban J connectivity index is 1.66. The van der Waals surface area contributed by atoms with Gasteiger partial charge in [-0.2, -0.15) is 13.2 Å². The third kappa shape index (κ3) is 7.10. The fraction of sp³-hybridized carbons (Fsp3) is 0.367. The number of nitrogens with zero attached hydrogens (tertiary/aromatic N) is 5. The highest BCUT2D eigenvalue weighted by Crippen LogP contribution is 2.34. The molecule has 1 aliphatic heterocycles. The van der Waals surface area contributed by atoms with Crippen LogP contribution in [0.2, 0.25) is 0 Å². The lowest BCUT2D eigenvalue weighted by Crippen LogP contribution is -2.48. The van der Waals surface area contributed by atoms with Crippen molar-refractivity contribution in [2.24, 2.45) is 0 Å². The zero-order chi connectivity index (χ0) is 30.6.